The molecule has 0 amide bonds. The number of hydrogen-bond donors (Lipinski definition) is 0. The van der Waals surface area contributed by atoms with Crippen molar-refractivity contribution >= 4 is 30.3 Å². The lowest BCUT2D eigenvalue weighted by molar-refractivity contribution is -0.112. The van der Waals surface area contributed by atoms with E-state index in [0.717, 1.165) is 16.8 Å². The third-order valence-corrected chi connectivity index (χ3v) is 3.93. The van der Waals surface area contributed by atoms with Gasteiger partial charge in [-0.15, -0.1) is 0 Å². The normalized spacial score (nSPS) is 19.8. The van der Waals surface area contributed by atoms with Gasteiger partial charge in [-0.1, -0.05) is 18.7 Å². The Bertz CT molecular complexity index is 642. The van der Waals surface area contributed by atoms with Crippen molar-refractivity contribution in [2.45, 2.75) is 0 Å². The second kappa shape index (κ2) is 7.55. The van der Waals surface area contributed by atoms with Crippen molar-refractivity contribution in [3.05, 3.63) is 71.7 Å². The van der Waals surface area contributed by atoms with Crippen LogP contribution in [-0.4, -0.2) is 29.0 Å². The van der Waals surface area contributed by atoms with Crippen LogP contribution in [0.15, 0.2) is 71.0 Å². The summed E-state index contributed by atoms with van der Waals surface area (Å²) in [6.45, 7) is 7.13. The summed E-state index contributed by atoms with van der Waals surface area (Å²) in [6.07, 6.45) is 8.70. The Morgan fingerprint density at radius 2 is 2.14 bits per heavy atom. The number of carbonyl (C=O) groups excluding carboxylic acids is 1. The first kappa shape index (κ1) is 15.2. The number of thioether (sulfide) groups is 1. The maximum Gasteiger partial charge on any atom is 0.186 e. The number of Topliss-reactive ketones (excluding diaryl/α,β-unsaturated/α-hetero) is 1. The molecule has 0 spiro atoms. The Balaban J connectivity index is 2.28. The molecule has 1 saturated heterocycles. The van der Waals surface area contributed by atoms with E-state index in [1.807, 2.05) is 24.3 Å². The summed E-state index contributed by atoms with van der Waals surface area (Å²) in [6, 6.07) is 5.65. The van der Waals surface area contributed by atoms with E-state index in [1.54, 1.807) is 36.2 Å². The minimum atomic E-state index is 0.0537. The summed E-state index contributed by atoms with van der Waals surface area (Å²) in [5, 5.41) is 0. The highest BCUT2D eigenvalue weighted by Crippen LogP contribution is 2.26. The topological polar surface area (TPSA) is 42.3 Å². The molecule has 0 unspecified atom stereocenters. The fourth-order valence-corrected chi connectivity index (χ4v) is 2.88. The van der Waals surface area contributed by atoms with Gasteiger partial charge in [-0.3, -0.25) is 14.8 Å². The van der Waals surface area contributed by atoms with Gasteiger partial charge in [0.25, 0.3) is 0 Å². The number of nitrogens with zero attached hydrogens (tertiary/aromatic N) is 2. The minimum Gasteiger partial charge on any atom is -0.289 e. The predicted molar refractivity (Wildman–Crippen MR) is 90.5 cm³/mol. The molecule has 3 nitrogen and oxygen atoms in total. The van der Waals surface area contributed by atoms with E-state index < -0.39 is 0 Å². The molecule has 0 bridgehead atoms. The molecule has 0 radical (unpaired) electrons. The van der Waals surface area contributed by atoms with Crippen LogP contribution in [0.1, 0.15) is 5.69 Å². The van der Waals surface area contributed by atoms with Crippen molar-refractivity contribution in [1.82, 2.24) is 4.98 Å². The van der Waals surface area contributed by atoms with E-state index in [0.29, 0.717) is 17.2 Å². The van der Waals surface area contributed by atoms with Gasteiger partial charge in [0.15, 0.2) is 5.78 Å². The summed E-state index contributed by atoms with van der Waals surface area (Å²) >= 11 is 1.70. The number of allylic oxidation sites excluding steroid dienone is 3. The van der Waals surface area contributed by atoms with Gasteiger partial charge in [0.05, 0.1) is 11.4 Å². The van der Waals surface area contributed by atoms with Crippen molar-refractivity contribution in [2.75, 3.05) is 11.5 Å². The van der Waals surface area contributed by atoms with Crippen molar-refractivity contribution in [1.29, 1.82) is 0 Å². The Hall–Kier alpha value is -2.20. The van der Waals surface area contributed by atoms with Gasteiger partial charge < -0.3 is 0 Å². The molecular weight excluding hydrogens is 280 g/mol. The van der Waals surface area contributed by atoms with Crippen LogP contribution >= 0.6 is 11.8 Å². The van der Waals surface area contributed by atoms with Gasteiger partial charge in [-0.05, 0) is 37.1 Å². The molecule has 2 heterocycles. The number of hydrogen-bond acceptors (Lipinski definition) is 4. The Morgan fingerprint density at radius 3 is 2.81 bits per heavy atom. The number of carbonyl (C=O) groups is 1. The Labute approximate surface area is 128 Å². The molecule has 1 aliphatic rings. The molecule has 1 aliphatic heterocycles. The van der Waals surface area contributed by atoms with Gasteiger partial charge in [0, 0.05) is 28.8 Å². The van der Waals surface area contributed by atoms with Crippen LogP contribution in [0.4, 0.5) is 0 Å². The number of pyridine rings is 1. The SMILES string of the molecule is C=C/C=C(/C=C1\CSC/C(=C\c2ccccn2)C1=O)N=C. The van der Waals surface area contributed by atoms with Crippen LogP contribution in [0, 0.1) is 0 Å². The lowest BCUT2D eigenvalue weighted by atomic mass is 10.0. The maximum absolute atomic E-state index is 12.5. The van der Waals surface area contributed by atoms with E-state index in [-0.39, 0.29) is 5.78 Å². The molecule has 0 N–H and O–H groups in total. The molecule has 106 valence electrons. The standard InChI is InChI=1S/C17H16N2OS/c1-3-6-15(18-2)9-13-11-21-12-14(17(13)20)10-16-7-4-5-8-19-16/h3-10H,1-2,11-12H2/b13-9+,14-10+,15-6-. The third kappa shape index (κ3) is 4.13. The first-order valence-electron chi connectivity index (χ1n) is 6.48. The molecule has 1 aromatic rings. The van der Waals surface area contributed by atoms with Gasteiger partial charge in [0.1, 0.15) is 0 Å². The summed E-state index contributed by atoms with van der Waals surface area (Å²) in [7, 11) is 0. The molecule has 0 aromatic carbocycles. The first-order valence-corrected chi connectivity index (χ1v) is 7.64. The third-order valence-electron chi connectivity index (χ3n) is 2.90. The Kier molecular flexibility index (Phi) is 5.46. The molecule has 1 aromatic heterocycles. The second-order valence-electron chi connectivity index (χ2n) is 4.40. The van der Waals surface area contributed by atoms with Gasteiger partial charge in [-0.25, -0.2) is 0 Å². The fraction of sp³-hybridized carbons (Fsp3) is 0.118. The zero-order chi connectivity index (χ0) is 15.1. The number of ketones is 1. The van der Waals surface area contributed by atoms with Gasteiger partial charge in [-0.2, -0.15) is 11.8 Å². The molecule has 21 heavy (non-hydrogen) atoms. The number of rotatable bonds is 4. The maximum atomic E-state index is 12.5. The lowest BCUT2D eigenvalue weighted by Gasteiger charge is -2.16. The summed E-state index contributed by atoms with van der Waals surface area (Å²) in [5.74, 6) is 1.44. The van der Waals surface area contributed by atoms with Crippen molar-refractivity contribution < 1.29 is 4.79 Å². The smallest absolute Gasteiger partial charge is 0.186 e. The lowest BCUT2D eigenvalue weighted by Crippen LogP contribution is -2.16. The van der Waals surface area contributed by atoms with Crippen molar-refractivity contribution in [3.8, 4) is 0 Å². The van der Waals surface area contributed by atoms with Crippen LogP contribution in [0.25, 0.3) is 6.08 Å². The predicted octanol–water partition coefficient (Wildman–Crippen LogP) is 3.48. The average molecular weight is 296 g/mol. The van der Waals surface area contributed by atoms with Gasteiger partial charge >= 0.3 is 0 Å². The minimum absolute atomic E-state index is 0.0537. The van der Waals surface area contributed by atoms with E-state index >= 15 is 0 Å². The largest absolute Gasteiger partial charge is 0.289 e. The van der Waals surface area contributed by atoms with Gasteiger partial charge in [0.2, 0.25) is 0 Å². The molecular formula is C17H16N2OS. The van der Waals surface area contributed by atoms with E-state index in [4.69, 9.17) is 0 Å². The van der Waals surface area contributed by atoms with E-state index in [1.165, 1.54) is 0 Å². The second-order valence-corrected chi connectivity index (χ2v) is 5.39. The van der Waals surface area contributed by atoms with Crippen LogP contribution in [0.3, 0.4) is 0 Å². The highest BCUT2D eigenvalue weighted by molar-refractivity contribution is 7.99. The summed E-state index contributed by atoms with van der Waals surface area (Å²) in [5.41, 5.74) is 2.94. The quantitative estimate of drug-likeness (QED) is 0.485. The summed E-state index contributed by atoms with van der Waals surface area (Å²) < 4.78 is 0. The zero-order valence-corrected chi connectivity index (χ0v) is 12.5. The van der Waals surface area contributed by atoms with E-state index in [2.05, 4.69) is 23.3 Å². The molecule has 2 rings (SSSR count). The van der Waals surface area contributed by atoms with E-state index in [9.17, 15) is 4.79 Å². The highest BCUT2D eigenvalue weighted by atomic mass is 32.2. The molecule has 4 heteroatoms. The molecule has 1 fully saturated rings. The highest BCUT2D eigenvalue weighted by Gasteiger charge is 2.21. The number of aromatic nitrogens is 1. The Morgan fingerprint density at radius 1 is 1.33 bits per heavy atom. The summed E-state index contributed by atoms with van der Waals surface area (Å²) in [4.78, 5) is 20.6. The molecule has 0 aliphatic carbocycles. The van der Waals surface area contributed by atoms with Crippen LogP contribution in [0.2, 0.25) is 0 Å². The zero-order valence-electron chi connectivity index (χ0n) is 11.7. The average Bonchev–Trinajstić information content (AvgIpc) is 2.51. The number of aliphatic imine (C=N–C) groups is 1. The first-order chi connectivity index (χ1) is 10.2. The molecule has 0 atom stereocenters. The fourth-order valence-electron chi connectivity index (χ4n) is 1.91. The van der Waals surface area contributed by atoms with Crippen LogP contribution in [0.5, 0.6) is 0 Å². The van der Waals surface area contributed by atoms with Crippen LogP contribution in [-0.2, 0) is 4.79 Å². The van der Waals surface area contributed by atoms with Crippen molar-refractivity contribution in [2.24, 2.45) is 4.99 Å². The van der Waals surface area contributed by atoms with Crippen molar-refractivity contribution in [3.63, 3.8) is 0 Å². The molecule has 0 saturated carbocycles. The van der Waals surface area contributed by atoms with Crippen LogP contribution < -0.4 is 0 Å². The monoisotopic (exact) mass is 296 g/mol.